The molecule has 0 N–H and O–H groups in total. The lowest BCUT2D eigenvalue weighted by Gasteiger charge is -2.41. The molecule has 1 fully saturated rings. The molecule has 4 rings (SSSR count). The molecule has 2 unspecified atom stereocenters. The summed E-state index contributed by atoms with van der Waals surface area (Å²) in [7, 11) is 0. The van der Waals surface area contributed by atoms with E-state index in [9.17, 15) is 14.0 Å². The molecule has 2 aliphatic rings. The van der Waals surface area contributed by atoms with Gasteiger partial charge >= 0.3 is 0 Å². The molecule has 2 aromatic rings. The number of hydrogen-bond donors (Lipinski definition) is 0. The van der Waals surface area contributed by atoms with E-state index in [1.165, 1.54) is 17.0 Å². The van der Waals surface area contributed by atoms with Crippen molar-refractivity contribution in [2.75, 3.05) is 0 Å². The van der Waals surface area contributed by atoms with Gasteiger partial charge in [-0.2, -0.15) is 0 Å². The lowest BCUT2D eigenvalue weighted by atomic mass is 9.90. The van der Waals surface area contributed by atoms with Crippen LogP contribution in [-0.2, 0) is 0 Å². The number of rotatable bonds is 3. The third-order valence-electron chi connectivity index (χ3n) is 4.43. The van der Waals surface area contributed by atoms with Crippen LogP contribution in [-0.4, -0.2) is 28.0 Å². The molecule has 0 aromatic heterocycles. The first-order chi connectivity index (χ1) is 11.1. The Morgan fingerprint density at radius 3 is 2.04 bits per heavy atom. The van der Waals surface area contributed by atoms with Crippen LogP contribution < -0.4 is 0 Å². The smallest absolute Gasteiger partial charge is 0.261 e. The van der Waals surface area contributed by atoms with E-state index in [-0.39, 0.29) is 28.9 Å². The van der Waals surface area contributed by atoms with Gasteiger partial charge in [0.1, 0.15) is 5.82 Å². The summed E-state index contributed by atoms with van der Waals surface area (Å²) in [6.45, 7) is 0. The lowest BCUT2D eigenvalue weighted by molar-refractivity contribution is 0.0516. The number of benzene rings is 2. The Bertz CT molecular complexity index is 755. The van der Waals surface area contributed by atoms with E-state index < -0.39 is 0 Å². The molecule has 1 aliphatic heterocycles. The molecule has 0 spiro atoms. The van der Waals surface area contributed by atoms with Crippen LogP contribution >= 0.6 is 11.8 Å². The average molecular weight is 327 g/mol. The van der Waals surface area contributed by atoms with Crippen molar-refractivity contribution in [3.63, 3.8) is 0 Å². The normalized spacial score (nSPS) is 22.9. The van der Waals surface area contributed by atoms with Crippen molar-refractivity contribution in [1.82, 2.24) is 4.90 Å². The molecule has 1 aliphatic carbocycles. The molecule has 2 atom stereocenters. The molecule has 1 heterocycles. The van der Waals surface area contributed by atoms with Crippen LogP contribution in [0.4, 0.5) is 4.39 Å². The summed E-state index contributed by atoms with van der Waals surface area (Å²) in [5, 5.41) is 0.169. The number of nitrogens with zero attached hydrogens (tertiary/aromatic N) is 1. The second-order valence-electron chi connectivity index (χ2n) is 5.78. The Labute approximate surface area is 137 Å². The summed E-state index contributed by atoms with van der Waals surface area (Å²) in [5.74, 6) is -0.653. The maximum atomic E-state index is 13.0. The zero-order chi connectivity index (χ0) is 16.0. The highest BCUT2D eigenvalue weighted by Crippen LogP contribution is 2.42. The molecule has 2 amide bonds. The SMILES string of the molecule is O=C1c2ccccc2C(=O)N1C1CCC1Sc1ccc(F)cc1. The molecular formula is C18H14FNO2S. The molecule has 116 valence electrons. The van der Waals surface area contributed by atoms with Gasteiger partial charge in [-0.05, 0) is 49.2 Å². The first-order valence-corrected chi connectivity index (χ1v) is 8.42. The fourth-order valence-corrected chi connectivity index (χ4v) is 4.39. The van der Waals surface area contributed by atoms with E-state index in [0.717, 1.165) is 17.7 Å². The number of carbonyl (C=O) groups excluding carboxylic acids is 2. The van der Waals surface area contributed by atoms with Crippen LogP contribution in [0.1, 0.15) is 33.6 Å². The first kappa shape index (κ1) is 14.5. The van der Waals surface area contributed by atoms with Crippen LogP contribution in [0.2, 0.25) is 0 Å². The van der Waals surface area contributed by atoms with Crippen molar-refractivity contribution in [1.29, 1.82) is 0 Å². The third-order valence-corrected chi connectivity index (χ3v) is 5.83. The Morgan fingerprint density at radius 2 is 1.52 bits per heavy atom. The Balaban J connectivity index is 1.54. The van der Waals surface area contributed by atoms with Gasteiger partial charge in [0.25, 0.3) is 11.8 Å². The first-order valence-electron chi connectivity index (χ1n) is 7.54. The van der Waals surface area contributed by atoms with E-state index in [2.05, 4.69) is 0 Å². The zero-order valence-electron chi connectivity index (χ0n) is 12.2. The molecule has 0 saturated heterocycles. The van der Waals surface area contributed by atoms with Gasteiger partial charge < -0.3 is 0 Å². The number of halogens is 1. The Morgan fingerprint density at radius 1 is 0.913 bits per heavy atom. The second-order valence-corrected chi connectivity index (χ2v) is 7.09. The van der Waals surface area contributed by atoms with Crippen LogP contribution in [0.15, 0.2) is 53.4 Å². The van der Waals surface area contributed by atoms with E-state index >= 15 is 0 Å². The topological polar surface area (TPSA) is 37.4 Å². The predicted molar refractivity (Wildman–Crippen MR) is 86.0 cm³/mol. The molecule has 2 aromatic carbocycles. The van der Waals surface area contributed by atoms with Crippen LogP contribution in [0.5, 0.6) is 0 Å². The number of carbonyl (C=O) groups is 2. The van der Waals surface area contributed by atoms with Crippen LogP contribution in [0.25, 0.3) is 0 Å². The highest BCUT2D eigenvalue weighted by atomic mass is 32.2. The van der Waals surface area contributed by atoms with Crippen molar-refractivity contribution < 1.29 is 14.0 Å². The highest BCUT2D eigenvalue weighted by Gasteiger charge is 2.46. The Hall–Kier alpha value is -2.14. The summed E-state index contributed by atoms with van der Waals surface area (Å²) >= 11 is 1.60. The number of imide groups is 1. The van der Waals surface area contributed by atoms with E-state index in [0.29, 0.717) is 11.1 Å². The third kappa shape index (κ3) is 2.36. The fraction of sp³-hybridized carbons (Fsp3) is 0.222. The summed E-state index contributed by atoms with van der Waals surface area (Å²) in [4.78, 5) is 27.4. The molecular weight excluding hydrogens is 313 g/mol. The van der Waals surface area contributed by atoms with Crippen molar-refractivity contribution in [2.45, 2.75) is 29.0 Å². The predicted octanol–water partition coefficient (Wildman–Crippen LogP) is 3.75. The van der Waals surface area contributed by atoms with Crippen molar-refractivity contribution in [3.8, 4) is 0 Å². The van der Waals surface area contributed by atoms with E-state index in [1.807, 2.05) is 0 Å². The molecule has 1 saturated carbocycles. The minimum atomic E-state index is -0.264. The standard InChI is InChI=1S/C18H14FNO2S/c19-11-5-7-12(8-6-11)23-16-10-9-15(16)20-17(21)13-3-1-2-4-14(13)18(20)22/h1-8,15-16H,9-10H2. The van der Waals surface area contributed by atoms with Gasteiger partial charge in [-0.25, -0.2) is 4.39 Å². The maximum absolute atomic E-state index is 13.0. The quantitative estimate of drug-likeness (QED) is 0.806. The van der Waals surface area contributed by atoms with Crippen molar-refractivity contribution in [3.05, 3.63) is 65.5 Å². The second kappa shape index (κ2) is 5.49. The fourth-order valence-electron chi connectivity index (χ4n) is 3.08. The van der Waals surface area contributed by atoms with Gasteiger partial charge in [0, 0.05) is 10.1 Å². The number of hydrogen-bond acceptors (Lipinski definition) is 3. The summed E-state index contributed by atoms with van der Waals surface area (Å²) < 4.78 is 13.0. The van der Waals surface area contributed by atoms with Gasteiger partial charge in [-0.15, -0.1) is 11.8 Å². The maximum Gasteiger partial charge on any atom is 0.261 e. The van der Waals surface area contributed by atoms with Gasteiger partial charge in [-0.3, -0.25) is 14.5 Å². The van der Waals surface area contributed by atoms with Crippen LogP contribution in [0.3, 0.4) is 0 Å². The van der Waals surface area contributed by atoms with Crippen molar-refractivity contribution in [2.24, 2.45) is 0 Å². The minimum absolute atomic E-state index is 0.0857. The van der Waals surface area contributed by atoms with E-state index in [1.54, 1.807) is 48.2 Å². The summed E-state index contributed by atoms with van der Waals surface area (Å²) in [6, 6.07) is 13.2. The van der Waals surface area contributed by atoms with Gasteiger partial charge in [-0.1, -0.05) is 12.1 Å². The summed E-state index contributed by atoms with van der Waals surface area (Å²) in [6.07, 6.45) is 1.77. The van der Waals surface area contributed by atoms with Crippen LogP contribution in [0, 0.1) is 5.82 Å². The monoisotopic (exact) mass is 327 g/mol. The molecule has 0 bridgehead atoms. The minimum Gasteiger partial charge on any atom is -0.270 e. The lowest BCUT2D eigenvalue weighted by Crippen LogP contribution is -2.51. The number of thioether (sulfide) groups is 1. The molecule has 3 nitrogen and oxygen atoms in total. The summed E-state index contributed by atoms with van der Waals surface area (Å²) in [5.41, 5.74) is 0.991. The highest BCUT2D eigenvalue weighted by molar-refractivity contribution is 8.00. The molecule has 23 heavy (non-hydrogen) atoms. The number of fused-ring (bicyclic) bond motifs is 1. The number of amides is 2. The molecule has 0 radical (unpaired) electrons. The molecule has 5 heteroatoms. The van der Waals surface area contributed by atoms with Gasteiger partial charge in [0.2, 0.25) is 0 Å². The average Bonchev–Trinajstić information content (AvgIpc) is 2.79. The largest absolute Gasteiger partial charge is 0.270 e. The zero-order valence-corrected chi connectivity index (χ0v) is 13.1. The Kier molecular flexibility index (Phi) is 3.45. The van der Waals surface area contributed by atoms with Gasteiger partial charge in [0.05, 0.1) is 17.2 Å². The van der Waals surface area contributed by atoms with Gasteiger partial charge in [0.15, 0.2) is 0 Å². The van der Waals surface area contributed by atoms with E-state index in [4.69, 9.17) is 0 Å². The van der Waals surface area contributed by atoms with Crippen molar-refractivity contribution >= 4 is 23.6 Å².